The zero-order chi connectivity index (χ0) is 9.26. The molecule has 68 valence electrons. The minimum absolute atomic E-state index is 0.943. The van der Waals surface area contributed by atoms with Crippen molar-refractivity contribution in [3.05, 3.63) is 35.4 Å². The van der Waals surface area contributed by atoms with Crippen molar-refractivity contribution < 1.29 is 4.74 Å². The van der Waals surface area contributed by atoms with Gasteiger partial charge < -0.3 is 4.74 Å². The first-order valence-corrected chi connectivity index (χ1v) is 4.64. The molecule has 1 saturated carbocycles. The van der Waals surface area contributed by atoms with Gasteiger partial charge in [-0.05, 0) is 43.0 Å². The highest BCUT2D eigenvalue weighted by atomic mass is 16.5. The van der Waals surface area contributed by atoms with Gasteiger partial charge in [-0.3, -0.25) is 0 Å². The Morgan fingerprint density at radius 3 is 2.69 bits per heavy atom. The fourth-order valence-electron chi connectivity index (χ4n) is 1.50. The Labute approximate surface area is 79.0 Å². The molecule has 0 aliphatic heterocycles. The van der Waals surface area contributed by atoms with E-state index in [0.717, 1.165) is 5.75 Å². The molecule has 1 aliphatic rings. The second-order valence-corrected chi connectivity index (χ2v) is 3.46. The lowest BCUT2D eigenvalue weighted by Gasteiger charge is -2.03. The topological polar surface area (TPSA) is 9.23 Å². The molecule has 0 spiro atoms. The van der Waals surface area contributed by atoms with Gasteiger partial charge in [0.25, 0.3) is 0 Å². The molecule has 0 heterocycles. The van der Waals surface area contributed by atoms with Crippen LogP contribution in [0.1, 0.15) is 25.3 Å². The van der Waals surface area contributed by atoms with Crippen molar-refractivity contribution in [1.29, 1.82) is 0 Å². The highest BCUT2D eigenvalue weighted by Crippen LogP contribution is 2.36. The van der Waals surface area contributed by atoms with Gasteiger partial charge in [0.2, 0.25) is 0 Å². The summed E-state index contributed by atoms with van der Waals surface area (Å²) >= 11 is 0. The van der Waals surface area contributed by atoms with Crippen LogP contribution in [-0.4, -0.2) is 7.11 Å². The van der Waals surface area contributed by atoms with Crippen molar-refractivity contribution in [2.45, 2.75) is 19.8 Å². The molecule has 1 aliphatic carbocycles. The van der Waals surface area contributed by atoms with Gasteiger partial charge in [-0.15, -0.1) is 0 Å². The van der Waals surface area contributed by atoms with Crippen molar-refractivity contribution >= 4 is 5.57 Å². The van der Waals surface area contributed by atoms with Crippen molar-refractivity contribution in [1.82, 2.24) is 0 Å². The quantitative estimate of drug-likeness (QED) is 0.668. The zero-order valence-electron chi connectivity index (χ0n) is 8.13. The Balaban J connectivity index is 2.35. The summed E-state index contributed by atoms with van der Waals surface area (Å²) in [4.78, 5) is 0. The summed E-state index contributed by atoms with van der Waals surface area (Å²) < 4.78 is 5.18. The van der Waals surface area contributed by atoms with Crippen LogP contribution in [0.3, 0.4) is 0 Å². The summed E-state index contributed by atoms with van der Waals surface area (Å²) in [5.41, 5.74) is 4.32. The molecule has 0 N–H and O–H groups in total. The fourth-order valence-corrected chi connectivity index (χ4v) is 1.50. The predicted molar refractivity (Wildman–Crippen MR) is 54.8 cm³/mol. The molecule has 1 nitrogen and oxygen atoms in total. The van der Waals surface area contributed by atoms with Crippen LogP contribution in [-0.2, 0) is 0 Å². The first-order chi connectivity index (χ1) is 6.31. The third kappa shape index (κ3) is 1.74. The SMILES string of the molecule is COc1cccc(C(C)=C2CC2)c1. The zero-order valence-corrected chi connectivity index (χ0v) is 8.13. The maximum Gasteiger partial charge on any atom is 0.119 e. The summed E-state index contributed by atoms with van der Waals surface area (Å²) in [7, 11) is 1.71. The second kappa shape index (κ2) is 3.25. The van der Waals surface area contributed by atoms with E-state index in [0.29, 0.717) is 0 Å². The van der Waals surface area contributed by atoms with Crippen LogP contribution in [0, 0.1) is 0 Å². The van der Waals surface area contributed by atoms with Crippen LogP contribution in [0.4, 0.5) is 0 Å². The smallest absolute Gasteiger partial charge is 0.119 e. The number of hydrogen-bond acceptors (Lipinski definition) is 1. The number of benzene rings is 1. The number of allylic oxidation sites excluding steroid dienone is 2. The average molecular weight is 174 g/mol. The number of rotatable bonds is 2. The van der Waals surface area contributed by atoms with Crippen LogP contribution >= 0.6 is 0 Å². The summed E-state index contributed by atoms with van der Waals surface area (Å²) in [6, 6.07) is 8.26. The van der Waals surface area contributed by atoms with E-state index in [9.17, 15) is 0 Å². The molecule has 1 aromatic rings. The summed E-state index contributed by atoms with van der Waals surface area (Å²) in [5.74, 6) is 0.943. The van der Waals surface area contributed by atoms with E-state index in [1.165, 1.54) is 24.0 Å². The lowest BCUT2D eigenvalue weighted by atomic mass is 10.1. The highest BCUT2D eigenvalue weighted by Gasteiger charge is 2.15. The van der Waals surface area contributed by atoms with Crippen molar-refractivity contribution in [2.75, 3.05) is 7.11 Å². The molecule has 1 heteroatoms. The summed E-state index contributed by atoms with van der Waals surface area (Å²) in [5, 5.41) is 0. The lowest BCUT2D eigenvalue weighted by molar-refractivity contribution is 0.414. The van der Waals surface area contributed by atoms with Crippen LogP contribution < -0.4 is 4.74 Å². The van der Waals surface area contributed by atoms with Gasteiger partial charge in [0.05, 0.1) is 7.11 Å². The molecule has 0 aromatic heterocycles. The molecule has 0 unspecified atom stereocenters. The third-order valence-corrected chi connectivity index (χ3v) is 2.53. The van der Waals surface area contributed by atoms with Crippen LogP contribution in [0.2, 0.25) is 0 Å². The minimum Gasteiger partial charge on any atom is -0.497 e. The van der Waals surface area contributed by atoms with E-state index >= 15 is 0 Å². The maximum absolute atomic E-state index is 5.18. The van der Waals surface area contributed by atoms with Gasteiger partial charge in [-0.25, -0.2) is 0 Å². The standard InChI is InChI=1S/C12H14O/c1-9(10-6-7-10)11-4-3-5-12(8-11)13-2/h3-5,8H,6-7H2,1-2H3. The molecule has 0 bridgehead atoms. The first kappa shape index (κ1) is 8.36. The Morgan fingerprint density at radius 2 is 2.08 bits per heavy atom. The van der Waals surface area contributed by atoms with E-state index in [1.807, 2.05) is 12.1 Å². The largest absolute Gasteiger partial charge is 0.497 e. The molecule has 13 heavy (non-hydrogen) atoms. The predicted octanol–water partition coefficient (Wildman–Crippen LogP) is 3.26. The molecule has 0 atom stereocenters. The van der Waals surface area contributed by atoms with Gasteiger partial charge in [0.15, 0.2) is 0 Å². The Kier molecular flexibility index (Phi) is 2.09. The van der Waals surface area contributed by atoms with Gasteiger partial charge in [0.1, 0.15) is 5.75 Å². The molecule has 0 saturated heterocycles. The van der Waals surface area contributed by atoms with E-state index in [-0.39, 0.29) is 0 Å². The first-order valence-electron chi connectivity index (χ1n) is 4.64. The van der Waals surface area contributed by atoms with Crippen molar-refractivity contribution in [3.63, 3.8) is 0 Å². The Bertz CT molecular complexity index is 344. The van der Waals surface area contributed by atoms with Gasteiger partial charge in [0, 0.05) is 0 Å². The second-order valence-electron chi connectivity index (χ2n) is 3.46. The molecule has 0 amide bonds. The van der Waals surface area contributed by atoms with Crippen molar-refractivity contribution in [2.24, 2.45) is 0 Å². The van der Waals surface area contributed by atoms with E-state index in [4.69, 9.17) is 4.74 Å². The average Bonchev–Trinajstić information content (AvgIpc) is 3.00. The van der Waals surface area contributed by atoms with E-state index in [1.54, 1.807) is 12.7 Å². The molecule has 1 fully saturated rings. The molecular weight excluding hydrogens is 160 g/mol. The summed E-state index contributed by atoms with van der Waals surface area (Å²) in [6.45, 7) is 2.19. The number of ether oxygens (including phenoxy) is 1. The summed E-state index contributed by atoms with van der Waals surface area (Å²) in [6.07, 6.45) is 2.56. The van der Waals surface area contributed by atoms with Crippen molar-refractivity contribution in [3.8, 4) is 5.75 Å². The van der Waals surface area contributed by atoms with E-state index < -0.39 is 0 Å². The maximum atomic E-state index is 5.18. The minimum atomic E-state index is 0.943. The lowest BCUT2D eigenvalue weighted by Crippen LogP contribution is -1.84. The van der Waals surface area contributed by atoms with Gasteiger partial charge >= 0.3 is 0 Å². The monoisotopic (exact) mass is 174 g/mol. The van der Waals surface area contributed by atoms with Crippen LogP contribution in [0.25, 0.3) is 5.57 Å². The van der Waals surface area contributed by atoms with Crippen LogP contribution in [0.15, 0.2) is 29.8 Å². The highest BCUT2D eigenvalue weighted by molar-refractivity contribution is 5.70. The van der Waals surface area contributed by atoms with Crippen LogP contribution in [0.5, 0.6) is 5.75 Å². The van der Waals surface area contributed by atoms with Gasteiger partial charge in [-0.1, -0.05) is 17.7 Å². The normalized spacial score (nSPS) is 14.2. The number of hydrogen-bond donors (Lipinski definition) is 0. The Morgan fingerprint density at radius 1 is 1.31 bits per heavy atom. The molecule has 1 aromatic carbocycles. The van der Waals surface area contributed by atoms with Gasteiger partial charge in [-0.2, -0.15) is 0 Å². The number of methoxy groups -OCH3 is 1. The Hall–Kier alpha value is -1.24. The third-order valence-electron chi connectivity index (χ3n) is 2.53. The van der Waals surface area contributed by atoms with E-state index in [2.05, 4.69) is 19.1 Å². The fraction of sp³-hybridized carbons (Fsp3) is 0.333. The molecule has 0 radical (unpaired) electrons. The molecule has 2 rings (SSSR count). The molecular formula is C12H14O.